The fraction of sp³-hybridized carbons (Fsp3) is 0.308. The molecule has 3 heteroatoms. The standard InChI is InChI=1S/C13H16N2O/c1-14(2)7-8-15-6-5-12-4-3-11(10-16)9-13(12)15/h3-6,9-10H,7-8H2,1-2H3. The van der Waals surface area contributed by atoms with Crippen LogP contribution in [0.5, 0.6) is 0 Å². The van der Waals surface area contributed by atoms with Crippen molar-refractivity contribution in [1.29, 1.82) is 0 Å². The van der Waals surface area contributed by atoms with E-state index in [0.29, 0.717) is 0 Å². The maximum atomic E-state index is 10.7. The molecule has 1 aromatic heterocycles. The van der Waals surface area contributed by atoms with Crippen LogP contribution in [0, 0.1) is 0 Å². The number of likely N-dealkylation sites (N-methyl/N-ethyl adjacent to an activating group) is 1. The van der Waals surface area contributed by atoms with E-state index in [1.807, 2.05) is 18.2 Å². The monoisotopic (exact) mass is 216 g/mol. The normalized spacial score (nSPS) is 11.2. The molecule has 0 saturated carbocycles. The molecule has 0 amide bonds. The van der Waals surface area contributed by atoms with Crippen molar-refractivity contribution in [2.75, 3.05) is 20.6 Å². The lowest BCUT2D eigenvalue weighted by Crippen LogP contribution is -2.17. The fourth-order valence-corrected chi connectivity index (χ4v) is 1.78. The van der Waals surface area contributed by atoms with Gasteiger partial charge in [-0.05, 0) is 31.6 Å². The minimum Gasteiger partial charge on any atom is -0.346 e. The van der Waals surface area contributed by atoms with E-state index in [4.69, 9.17) is 0 Å². The Kier molecular flexibility index (Phi) is 3.06. The molecule has 3 nitrogen and oxygen atoms in total. The molecule has 0 N–H and O–H groups in total. The lowest BCUT2D eigenvalue weighted by molar-refractivity contribution is 0.112. The van der Waals surface area contributed by atoms with Crippen LogP contribution in [-0.2, 0) is 6.54 Å². The van der Waals surface area contributed by atoms with Gasteiger partial charge in [0.15, 0.2) is 0 Å². The smallest absolute Gasteiger partial charge is 0.150 e. The highest BCUT2D eigenvalue weighted by Gasteiger charge is 2.02. The fourth-order valence-electron chi connectivity index (χ4n) is 1.78. The Labute approximate surface area is 95.3 Å². The zero-order chi connectivity index (χ0) is 11.5. The maximum Gasteiger partial charge on any atom is 0.150 e. The first-order valence-corrected chi connectivity index (χ1v) is 5.39. The molecule has 0 aliphatic rings. The van der Waals surface area contributed by atoms with Gasteiger partial charge < -0.3 is 9.47 Å². The zero-order valence-electron chi connectivity index (χ0n) is 9.68. The molecule has 0 radical (unpaired) electrons. The highest BCUT2D eigenvalue weighted by Crippen LogP contribution is 2.16. The Bertz CT molecular complexity index is 500. The van der Waals surface area contributed by atoms with Crippen LogP contribution in [0.1, 0.15) is 10.4 Å². The van der Waals surface area contributed by atoms with Gasteiger partial charge in [0.25, 0.3) is 0 Å². The average Bonchev–Trinajstić information content (AvgIpc) is 2.68. The molecule has 84 valence electrons. The number of nitrogens with zero attached hydrogens (tertiary/aromatic N) is 2. The number of aromatic nitrogens is 1. The molecule has 16 heavy (non-hydrogen) atoms. The van der Waals surface area contributed by atoms with E-state index in [0.717, 1.165) is 30.5 Å². The second-order valence-electron chi connectivity index (χ2n) is 4.25. The highest BCUT2D eigenvalue weighted by molar-refractivity contribution is 5.87. The molecular weight excluding hydrogens is 200 g/mol. The lowest BCUT2D eigenvalue weighted by Gasteiger charge is -2.11. The van der Waals surface area contributed by atoms with E-state index in [1.165, 1.54) is 5.39 Å². The predicted octanol–water partition coefficient (Wildman–Crippen LogP) is 2.02. The van der Waals surface area contributed by atoms with Gasteiger partial charge in [-0.15, -0.1) is 0 Å². The summed E-state index contributed by atoms with van der Waals surface area (Å²) in [5.41, 5.74) is 1.86. The summed E-state index contributed by atoms with van der Waals surface area (Å²) in [6, 6.07) is 7.87. The molecule has 0 saturated heterocycles. The minimum atomic E-state index is 0.734. The number of benzene rings is 1. The Morgan fingerprint density at radius 2 is 2.12 bits per heavy atom. The molecule has 0 unspecified atom stereocenters. The third-order valence-corrected chi connectivity index (χ3v) is 2.72. The summed E-state index contributed by atoms with van der Waals surface area (Å²) >= 11 is 0. The molecule has 0 bridgehead atoms. The van der Waals surface area contributed by atoms with Gasteiger partial charge in [-0.25, -0.2) is 0 Å². The summed E-state index contributed by atoms with van der Waals surface area (Å²) in [4.78, 5) is 12.9. The number of hydrogen-bond donors (Lipinski definition) is 0. The lowest BCUT2D eigenvalue weighted by atomic mass is 10.2. The van der Waals surface area contributed by atoms with Crippen molar-refractivity contribution in [3.63, 3.8) is 0 Å². The number of aldehydes is 1. The van der Waals surface area contributed by atoms with E-state index in [9.17, 15) is 4.79 Å². The van der Waals surface area contributed by atoms with Crippen LogP contribution in [0.3, 0.4) is 0 Å². The summed E-state index contributed by atoms with van der Waals surface area (Å²) in [6.07, 6.45) is 2.96. The first kappa shape index (κ1) is 10.9. The number of carbonyl (C=O) groups excluding carboxylic acids is 1. The summed E-state index contributed by atoms with van der Waals surface area (Å²) in [5, 5.41) is 1.18. The van der Waals surface area contributed by atoms with Crippen LogP contribution in [0.25, 0.3) is 10.9 Å². The number of carbonyl (C=O) groups is 1. The van der Waals surface area contributed by atoms with E-state index in [-0.39, 0.29) is 0 Å². The first-order valence-electron chi connectivity index (χ1n) is 5.39. The second-order valence-corrected chi connectivity index (χ2v) is 4.25. The zero-order valence-corrected chi connectivity index (χ0v) is 9.68. The Balaban J connectivity index is 2.34. The van der Waals surface area contributed by atoms with E-state index in [2.05, 4.69) is 35.8 Å². The SMILES string of the molecule is CN(C)CCn1ccc2ccc(C=O)cc21. The van der Waals surface area contributed by atoms with Gasteiger partial charge in [-0.2, -0.15) is 0 Å². The van der Waals surface area contributed by atoms with Gasteiger partial charge in [0.2, 0.25) is 0 Å². The molecule has 0 atom stereocenters. The van der Waals surface area contributed by atoms with Crippen molar-refractivity contribution in [3.8, 4) is 0 Å². The molecule has 2 rings (SSSR count). The minimum absolute atomic E-state index is 0.734. The molecule has 2 aromatic rings. The van der Waals surface area contributed by atoms with E-state index < -0.39 is 0 Å². The van der Waals surface area contributed by atoms with Gasteiger partial charge in [0.1, 0.15) is 6.29 Å². The van der Waals surface area contributed by atoms with Crippen molar-refractivity contribution >= 4 is 17.2 Å². The summed E-state index contributed by atoms with van der Waals surface area (Å²) in [6.45, 7) is 1.94. The van der Waals surface area contributed by atoms with Gasteiger partial charge in [-0.1, -0.05) is 12.1 Å². The van der Waals surface area contributed by atoms with Gasteiger partial charge in [-0.3, -0.25) is 4.79 Å². The van der Waals surface area contributed by atoms with Gasteiger partial charge >= 0.3 is 0 Å². The van der Waals surface area contributed by atoms with Crippen LogP contribution < -0.4 is 0 Å². The quantitative estimate of drug-likeness (QED) is 0.730. The molecule has 1 aromatic carbocycles. The Hall–Kier alpha value is -1.61. The summed E-state index contributed by atoms with van der Waals surface area (Å²) in [5.74, 6) is 0. The molecule has 0 aliphatic heterocycles. The molecule has 0 aliphatic carbocycles. The largest absolute Gasteiger partial charge is 0.346 e. The van der Waals surface area contributed by atoms with Crippen LogP contribution in [-0.4, -0.2) is 36.4 Å². The number of fused-ring (bicyclic) bond motifs is 1. The van der Waals surface area contributed by atoms with Gasteiger partial charge in [0, 0.05) is 30.4 Å². The van der Waals surface area contributed by atoms with Crippen LogP contribution in [0.2, 0.25) is 0 Å². The van der Waals surface area contributed by atoms with Crippen LogP contribution in [0.4, 0.5) is 0 Å². The highest BCUT2D eigenvalue weighted by atomic mass is 16.1. The van der Waals surface area contributed by atoms with Crippen LogP contribution in [0.15, 0.2) is 30.5 Å². The maximum absolute atomic E-state index is 10.7. The van der Waals surface area contributed by atoms with Crippen molar-refractivity contribution in [2.45, 2.75) is 6.54 Å². The topological polar surface area (TPSA) is 25.2 Å². The third-order valence-electron chi connectivity index (χ3n) is 2.72. The van der Waals surface area contributed by atoms with Crippen molar-refractivity contribution in [1.82, 2.24) is 9.47 Å². The van der Waals surface area contributed by atoms with Crippen molar-refractivity contribution in [2.24, 2.45) is 0 Å². The Morgan fingerprint density at radius 3 is 2.81 bits per heavy atom. The van der Waals surface area contributed by atoms with E-state index >= 15 is 0 Å². The summed E-state index contributed by atoms with van der Waals surface area (Å²) in [7, 11) is 4.12. The summed E-state index contributed by atoms with van der Waals surface area (Å²) < 4.78 is 2.18. The Morgan fingerprint density at radius 1 is 1.31 bits per heavy atom. The van der Waals surface area contributed by atoms with Crippen molar-refractivity contribution in [3.05, 3.63) is 36.0 Å². The number of hydrogen-bond acceptors (Lipinski definition) is 2. The molecular formula is C13H16N2O. The third kappa shape index (κ3) is 2.14. The average molecular weight is 216 g/mol. The van der Waals surface area contributed by atoms with Crippen molar-refractivity contribution < 1.29 is 4.79 Å². The molecule has 0 spiro atoms. The number of rotatable bonds is 4. The molecule has 1 heterocycles. The van der Waals surface area contributed by atoms with E-state index in [1.54, 1.807) is 0 Å². The molecule has 0 fully saturated rings. The second kappa shape index (κ2) is 4.49. The van der Waals surface area contributed by atoms with Gasteiger partial charge in [0.05, 0.1) is 0 Å². The predicted molar refractivity (Wildman–Crippen MR) is 65.9 cm³/mol. The van der Waals surface area contributed by atoms with Crippen LogP contribution >= 0.6 is 0 Å². The first-order chi connectivity index (χ1) is 7.70.